The van der Waals surface area contributed by atoms with Gasteiger partial charge in [-0.3, -0.25) is 0 Å². The van der Waals surface area contributed by atoms with Crippen LogP contribution in [-0.4, -0.2) is 25.6 Å². The van der Waals surface area contributed by atoms with Gasteiger partial charge in [0.15, 0.2) is 0 Å². The predicted octanol–water partition coefficient (Wildman–Crippen LogP) is 1.20. The molecule has 0 radical (unpaired) electrons. The normalized spacial score (nSPS) is 19.4. The van der Waals surface area contributed by atoms with Gasteiger partial charge in [-0.2, -0.15) is 5.26 Å². The number of ether oxygens (including phenoxy) is 1. The van der Waals surface area contributed by atoms with Crippen LogP contribution in [-0.2, 0) is 11.3 Å². The van der Waals surface area contributed by atoms with Gasteiger partial charge in [0, 0.05) is 24.6 Å². The van der Waals surface area contributed by atoms with Gasteiger partial charge in [-0.15, -0.1) is 0 Å². The van der Waals surface area contributed by atoms with Crippen molar-refractivity contribution in [3.63, 3.8) is 0 Å². The van der Waals surface area contributed by atoms with Crippen molar-refractivity contribution in [2.75, 3.05) is 13.2 Å². The Morgan fingerprint density at radius 1 is 1.47 bits per heavy atom. The molecule has 1 aromatic carbocycles. The van der Waals surface area contributed by atoms with Crippen LogP contribution < -0.4 is 5.46 Å². The van der Waals surface area contributed by atoms with E-state index >= 15 is 0 Å². The van der Waals surface area contributed by atoms with E-state index in [2.05, 4.69) is 30.7 Å². The first kappa shape index (κ1) is 12.3. The first-order valence-electron chi connectivity index (χ1n) is 6.85. The SMILES string of the molecule is Bc1cn(CC2CCCOC2)c2ccc(C#N)cc12. The Morgan fingerprint density at radius 3 is 3.11 bits per heavy atom. The Hall–Kier alpha value is -1.73. The molecular formula is C15H17BN2O. The third kappa shape index (κ3) is 2.39. The Balaban J connectivity index is 1.93. The van der Waals surface area contributed by atoms with Gasteiger partial charge in [0.25, 0.3) is 0 Å². The molecule has 3 nitrogen and oxygen atoms in total. The number of rotatable bonds is 2. The molecule has 0 amide bonds. The lowest BCUT2D eigenvalue weighted by Gasteiger charge is -2.22. The smallest absolute Gasteiger partial charge is 0.142 e. The molecule has 1 fully saturated rings. The lowest BCUT2D eigenvalue weighted by Crippen LogP contribution is -2.21. The lowest BCUT2D eigenvalue weighted by atomic mass is 9.95. The lowest BCUT2D eigenvalue weighted by molar-refractivity contribution is 0.0488. The Labute approximate surface area is 114 Å². The van der Waals surface area contributed by atoms with E-state index < -0.39 is 0 Å². The molecule has 19 heavy (non-hydrogen) atoms. The van der Waals surface area contributed by atoms with Crippen LogP contribution in [0.5, 0.6) is 0 Å². The summed E-state index contributed by atoms with van der Waals surface area (Å²) >= 11 is 0. The van der Waals surface area contributed by atoms with Gasteiger partial charge in [0.2, 0.25) is 0 Å². The van der Waals surface area contributed by atoms with Crippen molar-refractivity contribution in [1.82, 2.24) is 4.57 Å². The third-order valence-electron chi connectivity index (χ3n) is 3.92. The fourth-order valence-corrected chi connectivity index (χ4v) is 2.93. The second-order valence-electron chi connectivity index (χ2n) is 5.39. The second kappa shape index (κ2) is 5.10. The van der Waals surface area contributed by atoms with Crippen LogP contribution >= 0.6 is 0 Å². The number of nitrogens with zero attached hydrogens (tertiary/aromatic N) is 2. The Kier molecular flexibility index (Phi) is 3.31. The summed E-state index contributed by atoms with van der Waals surface area (Å²) < 4.78 is 7.86. The van der Waals surface area contributed by atoms with E-state index in [1.807, 2.05) is 12.1 Å². The first-order chi connectivity index (χ1) is 9.28. The van der Waals surface area contributed by atoms with Crippen LogP contribution in [0.2, 0.25) is 0 Å². The summed E-state index contributed by atoms with van der Waals surface area (Å²) in [6.07, 6.45) is 4.61. The van der Waals surface area contributed by atoms with Gasteiger partial charge < -0.3 is 9.30 Å². The van der Waals surface area contributed by atoms with Crippen molar-refractivity contribution in [2.24, 2.45) is 5.92 Å². The number of benzene rings is 1. The predicted molar refractivity (Wildman–Crippen MR) is 78.4 cm³/mol. The summed E-state index contributed by atoms with van der Waals surface area (Å²) in [6, 6.07) is 8.15. The summed E-state index contributed by atoms with van der Waals surface area (Å²) in [5.74, 6) is 0.611. The van der Waals surface area contributed by atoms with Gasteiger partial charge in [-0.05, 0) is 42.6 Å². The molecule has 1 unspecified atom stereocenters. The molecule has 2 aromatic rings. The minimum Gasteiger partial charge on any atom is -0.381 e. The molecule has 3 rings (SSSR count). The van der Waals surface area contributed by atoms with Crippen LogP contribution in [0.1, 0.15) is 18.4 Å². The molecule has 2 heterocycles. The Morgan fingerprint density at radius 2 is 2.37 bits per heavy atom. The highest BCUT2D eigenvalue weighted by Gasteiger charge is 2.16. The van der Waals surface area contributed by atoms with Crippen LogP contribution in [0.15, 0.2) is 24.4 Å². The average Bonchev–Trinajstić information content (AvgIpc) is 2.76. The van der Waals surface area contributed by atoms with E-state index in [0.29, 0.717) is 5.92 Å². The van der Waals surface area contributed by atoms with Crippen LogP contribution in [0, 0.1) is 17.2 Å². The van der Waals surface area contributed by atoms with Gasteiger partial charge >= 0.3 is 0 Å². The van der Waals surface area contributed by atoms with Crippen molar-refractivity contribution in [2.45, 2.75) is 19.4 Å². The zero-order valence-electron chi connectivity index (χ0n) is 11.2. The van der Waals surface area contributed by atoms with Gasteiger partial charge in [0.05, 0.1) is 18.2 Å². The maximum absolute atomic E-state index is 8.98. The first-order valence-corrected chi connectivity index (χ1v) is 6.85. The average molecular weight is 252 g/mol. The second-order valence-corrected chi connectivity index (χ2v) is 5.39. The van der Waals surface area contributed by atoms with Crippen LogP contribution in [0.25, 0.3) is 10.9 Å². The van der Waals surface area contributed by atoms with E-state index in [1.165, 1.54) is 29.2 Å². The van der Waals surface area contributed by atoms with Gasteiger partial charge in [-0.1, -0.05) is 5.46 Å². The molecule has 96 valence electrons. The summed E-state index contributed by atoms with van der Waals surface area (Å²) in [6.45, 7) is 2.79. The van der Waals surface area contributed by atoms with E-state index in [-0.39, 0.29) is 0 Å². The number of aromatic nitrogens is 1. The maximum Gasteiger partial charge on any atom is 0.142 e. The van der Waals surface area contributed by atoms with Gasteiger partial charge in [-0.25, -0.2) is 0 Å². The number of fused-ring (bicyclic) bond motifs is 1. The molecule has 1 aliphatic heterocycles. The highest BCUT2D eigenvalue weighted by Crippen LogP contribution is 2.20. The minimum absolute atomic E-state index is 0.611. The summed E-state index contributed by atoms with van der Waals surface area (Å²) in [7, 11) is 2.11. The topological polar surface area (TPSA) is 38.0 Å². The molecule has 0 N–H and O–H groups in total. The molecule has 0 bridgehead atoms. The highest BCUT2D eigenvalue weighted by molar-refractivity contribution is 6.38. The van der Waals surface area contributed by atoms with Crippen LogP contribution in [0.4, 0.5) is 0 Å². The molecule has 4 heteroatoms. The monoisotopic (exact) mass is 252 g/mol. The zero-order valence-corrected chi connectivity index (χ0v) is 11.2. The van der Waals surface area contributed by atoms with E-state index in [0.717, 1.165) is 25.3 Å². The number of nitriles is 1. The molecule has 1 atom stereocenters. The fraction of sp³-hybridized carbons (Fsp3) is 0.400. The molecular weight excluding hydrogens is 235 g/mol. The van der Waals surface area contributed by atoms with Crippen molar-refractivity contribution < 1.29 is 4.74 Å². The number of hydrogen-bond donors (Lipinski definition) is 0. The standard InChI is InChI=1S/C15H17BN2O/c16-14-9-18(8-12-2-1-5-19-10-12)15-4-3-11(7-17)6-13(14)15/h3-4,6,9,12H,1-2,5,8,10,16H2. The van der Waals surface area contributed by atoms with Crippen molar-refractivity contribution >= 4 is 24.2 Å². The fourth-order valence-electron chi connectivity index (χ4n) is 2.93. The molecule has 1 saturated heterocycles. The van der Waals surface area contributed by atoms with Crippen LogP contribution in [0.3, 0.4) is 0 Å². The van der Waals surface area contributed by atoms with E-state index in [1.54, 1.807) is 0 Å². The number of hydrogen-bond acceptors (Lipinski definition) is 2. The molecule has 0 saturated carbocycles. The van der Waals surface area contributed by atoms with Gasteiger partial charge in [0.1, 0.15) is 7.85 Å². The summed E-state index contributed by atoms with van der Waals surface area (Å²) in [4.78, 5) is 0. The molecule has 1 aromatic heterocycles. The maximum atomic E-state index is 8.98. The van der Waals surface area contributed by atoms with Crippen molar-refractivity contribution in [3.8, 4) is 6.07 Å². The van der Waals surface area contributed by atoms with E-state index in [4.69, 9.17) is 10.00 Å². The van der Waals surface area contributed by atoms with Crippen molar-refractivity contribution in [3.05, 3.63) is 30.0 Å². The minimum atomic E-state index is 0.611. The summed E-state index contributed by atoms with van der Waals surface area (Å²) in [5, 5.41) is 10.2. The zero-order chi connectivity index (χ0) is 13.2. The molecule has 0 spiro atoms. The highest BCUT2D eigenvalue weighted by atomic mass is 16.5. The Bertz CT molecular complexity index is 635. The third-order valence-corrected chi connectivity index (χ3v) is 3.92. The molecule has 0 aliphatic carbocycles. The van der Waals surface area contributed by atoms with E-state index in [9.17, 15) is 0 Å². The van der Waals surface area contributed by atoms with Crippen molar-refractivity contribution in [1.29, 1.82) is 5.26 Å². The largest absolute Gasteiger partial charge is 0.381 e. The summed E-state index contributed by atoms with van der Waals surface area (Å²) in [5.41, 5.74) is 3.19. The molecule has 1 aliphatic rings. The quantitative estimate of drug-likeness (QED) is 0.753.